The summed E-state index contributed by atoms with van der Waals surface area (Å²) in [7, 11) is 0. The third kappa shape index (κ3) is 3.12. The zero-order valence-electron chi connectivity index (χ0n) is 8.99. The molecule has 0 radical (unpaired) electrons. The Labute approximate surface area is 99.7 Å². The molecule has 0 amide bonds. The lowest BCUT2D eigenvalue weighted by Crippen LogP contribution is -2.06. The van der Waals surface area contributed by atoms with Crippen LogP contribution < -0.4 is 0 Å². The van der Waals surface area contributed by atoms with Gasteiger partial charge >= 0.3 is 0 Å². The molecule has 1 atom stereocenters. The minimum Gasteiger partial charge on any atom is -0.248 e. The predicted octanol–water partition coefficient (Wildman–Crippen LogP) is 3.74. The van der Waals surface area contributed by atoms with Gasteiger partial charge in [-0.2, -0.15) is 5.26 Å². The first-order valence-corrected chi connectivity index (χ1v) is 6.03. The molecule has 1 unspecified atom stereocenters. The van der Waals surface area contributed by atoms with Gasteiger partial charge in [0.2, 0.25) is 0 Å². The van der Waals surface area contributed by atoms with Crippen molar-refractivity contribution < 1.29 is 0 Å². The van der Waals surface area contributed by atoms with E-state index in [1.54, 1.807) is 24.0 Å². The van der Waals surface area contributed by atoms with Crippen molar-refractivity contribution in [1.29, 1.82) is 5.26 Å². The molecule has 1 heterocycles. The molecule has 1 aromatic heterocycles. The first-order valence-electron chi connectivity index (χ1n) is 4.77. The van der Waals surface area contributed by atoms with Crippen molar-refractivity contribution in [2.75, 3.05) is 0 Å². The number of nitriles is 1. The van der Waals surface area contributed by atoms with Crippen LogP contribution in [0.2, 0.25) is 5.02 Å². The Morgan fingerprint density at radius 3 is 2.67 bits per heavy atom. The molecule has 0 aliphatic heterocycles. The molecule has 15 heavy (non-hydrogen) atoms. The molecule has 80 valence electrons. The summed E-state index contributed by atoms with van der Waals surface area (Å²) in [6.07, 6.45) is 1.62. The Morgan fingerprint density at radius 2 is 2.13 bits per heavy atom. The number of nitrogens with zero attached hydrogens (tertiary/aromatic N) is 2. The van der Waals surface area contributed by atoms with Crippen molar-refractivity contribution in [2.24, 2.45) is 5.92 Å². The second kappa shape index (κ2) is 5.39. The molecule has 0 saturated heterocycles. The van der Waals surface area contributed by atoms with Gasteiger partial charge in [0.1, 0.15) is 11.1 Å². The van der Waals surface area contributed by atoms with E-state index in [4.69, 9.17) is 16.9 Å². The summed E-state index contributed by atoms with van der Waals surface area (Å²) in [5, 5.41) is 10.5. The highest BCUT2D eigenvalue weighted by molar-refractivity contribution is 8.00. The van der Waals surface area contributed by atoms with Crippen LogP contribution in [0.1, 0.15) is 26.3 Å². The first kappa shape index (κ1) is 12.4. The minimum absolute atomic E-state index is 0.434. The van der Waals surface area contributed by atoms with Crippen LogP contribution in [0.4, 0.5) is 0 Å². The second-order valence-electron chi connectivity index (χ2n) is 3.66. The van der Waals surface area contributed by atoms with Gasteiger partial charge in [0, 0.05) is 11.4 Å². The van der Waals surface area contributed by atoms with Crippen molar-refractivity contribution in [3.63, 3.8) is 0 Å². The van der Waals surface area contributed by atoms with Crippen molar-refractivity contribution in [3.8, 4) is 6.07 Å². The summed E-state index contributed by atoms with van der Waals surface area (Å²) in [5.74, 6) is 0.554. The fourth-order valence-electron chi connectivity index (χ4n) is 0.905. The van der Waals surface area contributed by atoms with Crippen LogP contribution in [0.25, 0.3) is 0 Å². The average Bonchev–Trinajstić information content (AvgIpc) is 2.21. The van der Waals surface area contributed by atoms with Gasteiger partial charge in [0.15, 0.2) is 0 Å². The van der Waals surface area contributed by atoms with E-state index in [0.29, 0.717) is 21.8 Å². The van der Waals surface area contributed by atoms with Crippen LogP contribution in [-0.2, 0) is 0 Å². The number of rotatable bonds is 3. The monoisotopic (exact) mass is 240 g/mol. The molecule has 0 aromatic carbocycles. The molecule has 0 fully saturated rings. The SMILES string of the molecule is CC(C)C(C)Sc1nccc(C#N)c1Cl. The molecule has 0 N–H and O–H groups in total. The summed E-state index contributed by atoms with van der Waals surface area (Å²) in [6.45, 7) is 6.44. The van der Waals surface area contributed by atoms with Gasteiger partial charge in [-0.25, -0.2) is 4.98 Å². The Kier molecular flexibility index (Phi) is 4.44. The summed E-state index contributed by atoms with van der Waals surface area (Å²) in [6, 6.07) is 3.68. The number of hydrogen-bond acceptors (Lipinski definition) is 3. The fraction of sp³-hybridized carbons (Fsp3) is 0.455. The largest absolute Gasteiger partial charge is 0.248 e. The molecule has 0 aliphatic rings. The molecule has 4 heteroatoms. The maximum atomic E-state index is 8.81. The maximum absolute atomic E-state index is 8.81. The normalized spacial score (nSPS) is 12.5. The van der Waals surface area contributed by atoms with E-state index in [0.717, 1.165) is 5.03 Å². The van der Waals surface area contributed by atoms with Gasteiger partial charge in [-0.1, -0.05) is 32.4 Å². The van der Waals surface area contributed by atoms with Crippen LogP contribution in [0.3, 0.4) is 0 Å². The van der Waals surface area contributed by atoms with E-state index in [9.17, 15) is 0 Å². The number of hydrogen-bond donors (Lipinski definition) is 0. The lowest BCUT2D eigenvalue weighted by molar-refractivity contribution is 0.641. The van der Waals surface area contributed by atoms with Gasteiger partial charge in [-0.05, 0) is 12.0 Å². The summed E-state index contributed by atoms with van der Waals surface area (Å²) < 4.78 is 0. The fourth-order valence-corrected chi connectivity index (χ4v) is 2.15. The molecule has 0 bridgehead atoms. The lowest BCUT2D eigenvalue weighted by Gasteiger charge is -2.14. The second-order valence-corrected chi connectivity index (χ2v) is 5.40. The average molecular weight is 241 g/mol. The highest BCUT2D eigenvalue weighted by Gasteiger charge is 2.14. The number of pyridine rings is 1. The molecule has 0 saturated carbocycles. The highest BCUT2D eigenvalue weighted by atomic mass is 35.5. The van der Waals surface area contributed by atoms with Gasteiger partial charge < -0.3 is 0 Å². The Balaban J connectivity index is 2.92. The third-order valence-corrected chi connectivity index (χ3v) is 4.16. The van der Waals surface area contributed by atoms with Crippen molar-refractivity contribution in [1.82, 2.24) is 4.98 Å². The van der Waals surface area contributed by atoms with Crippen LogP contribution in [0, 0.1) is 17.2 Å². The number of halogens is 1. The van der Waals surface area contributed by atoms with Gasteiger partial charge in [-0.3, -0.25) is 0 Å². The zero-order valence-corrected chi connectivity index (χ0v) is 10.6. The predicted molar refractivity (Wildman–Crippen MR) is 64.1 cm³/mol. The van der Waals surface area contributed by atoms with E-state index in [1.165, 1.54) is 0 Å². The highest BCUT2D eigenvalue weighted by Crippen LogP contribution is 2.32. The molecular formula is C11H13ClN2S. The van der Waals surface area contributed by atoms with Crippen LogP contribution in [0.5, 0.6) is 0 Å². The topological polar surface area (TPSA) is 36.7 Å². The maximum Gasteiger partial charge on any atom is 0.116 e. The first-order chi connectivity index (χ1) is 7.06. The molecule has 1 aromatic rings. The lowest BCUT2D eigenvalue weighted by atomic mass is 10.2. The Bertz CT molecular complexity index is 385. The molecule has 1 rings (SSSR count). The summed E-state index contributed by atoms with van der Waals surface area (Å²) in [4.78, 5) is 4.19. The van der Waals surface area contributed by atoms with E-state index in [1.807, 2.05) is 0 Å². The van der Waals surface area contributed by atoms with Crippen molar-refractivity contribution >= 4 is 23.4 Å². The van der Waals surface area contributed by atoms with Crippen molar-refractivity contribution in [2.45, 2.75) is 31.0 Å². The van der Waals surface area contributed by atoms with Crippen LogP contribution in [0.15, 0.2) is 17.3 Å². The smallest absolute Gasteiger partial charge is 0.116 e. The molecule has 2 nitrogen and oxygen atoms in total. The summed E-state index contributed by atoms with van der Waals surface area (Å²) in [5.41, 5.74) is 0.491. The van der Waals surface area contributed by atoms with Crippen LogP contribution in [-0.4, -0.2) is 10.2 Å². The van der Waals surface area contributed by atoms with Gasteiger partial charge in [-0.15, -0.1) is 11.8 Å². The van der Waals surface area contributed by atoms with Gasteiger partial charge in [0.05, 0.1) is 10.6 Å². The van der Waals surface area contributed by atoms with Crippen molar-refractivity contribution in [3.05, 3.63) is 22.8 Å². The quantitative estimate of drug-likeness (QED) is 0.756. The van der Waals surface area contributed by atoms with Crippen LogP contribution >= 0.6 is 23.4 Å². The number of aromatic nitrogens is 1. The molecule has 0 aliphatic carbocycles. The zero-order chi connectivity index (χ0) is 11.4. The minimum atomic E-state index is 0.434. The molecule has 0 spiro atoms. The van der Waals surface area contributed by atoms with E-state index in [2.05, 4.69) is 31.8 Å². The Hall–Kier alpha value is -0.720. The van der Waals surface area contributed by atoms with E-state index < -0.39 is 0 Å². The Morgan fingerprint density at radius 1 is 1.47 bits per heavy atom. The van der Waals surface area contributed by atoms with E-state index >= 15 is 0 Å². The molecular weight excluding hydrogens is 228 g/mol. The number of thioether (sulfide) groups is 1. The van der Waals surface area contributed by atoms with E-state index in [-0.39, 0.29) is 0 Å². The third-order valence-electron chi connectivity index (χ3n) is 2.21. The van der Waals surface area contributed by atoms with Gasteiger partial charge in [0.25, 0.3) is 0 Å². The standard InChI is InChI=1S/C11H13ClN2S/c1-7(2)8(3)15-11-10(12)9(6-13)4-5-14-11/h4-5,7-8H,1-3H3. The summed E-state index contributed by atoms with van der Waals surface area (Å²) >= 11 is 7.67.